The van der Waals surface area contributed by atoms with Crippen LogP contribution >= 0.6 is 0 Å². The number of carboxylic acids is 2. The van der Waals surface area contributed by atoms with Crippen molar-refractivity contribution >= 4 is 45.4 Å². The van der Waals surface area contributed by atoms with Crippen molar-refractivity contribution in [3.05, 3.63) is 0 Å². The smallest absolute Gasteiger partial charge is 0.550 e. The molecule has 0 bridgehead atoms. The van der Waals surface area contributed by atoms with Gasteiger partial charge < -0.3 is 41.7 Å². The number of carbonyl (C=O) groups is 2. The normalized spacial score (nSPS) is 6.00. The first-order valence-electron chi connectivity index (χ1n) is 2.51. The van der Waals surface area contributed by atoms with Gasteiger partial charge in [0.25, 0.3) is 0 Å². The molecule has 0 unspecified atom stereocenters. The van der Waals surface area contributed by atoms with Gasteiger partial charge in [-0.1, -0.05) is 0 Å². The van der Waals surface area contributed by atoms with Crippen LogP contribution < -0.4 is 10.2 Å². The predicted molar refractivity (Wildman–Crippen MR) is 55.7 cm³/mol. The van der Waals surface area contributed by atoms with Crippen LogP contribution in [0.25, 0.3) is 0 Å². The van der Waals surface area contributed by atoms with E-state index in [-0.39, 0.29) is 45.0 Å². The molecule has 0 fully saturated rings. The van der Waals surface area contributed by atoms with Gasteiger partial charge in [-0.3, -0.25) is 9.11 Å². The Morgan fingerprint density at radius 1 is 0.833 bits per heavy atom. The number of aliphatic carboxylic acids is 2. The summed E-state index contributed by atoms with van der Waals surface area (Å²) in [5, 5.41) is 17.8. The maximum atomic E-state index is 8.89. The zero-order valence-corrected chi connectivity index (χ0v) is 11.7. The van der Waals surface area contributed by atoms with Gasteiger partial charge in [0, 0.05) is 11.9 Å². The Balaban J connectivity index is -0.0000000123. The van der Waals surface area contributed by atoms with Gasteiger partial charge in [0.1, 0.15) is 0 Å². The molecule has 0 spiro atoms. The quantitative estimate of drug-likeness (QED) is 0.319. The molecule has 14 heteroatoms. The fraction of sp³-hybridized carbons (Fsp3) is 0.500. The summed E-state index contributed by atoms with van der Waals surface area (Å²) in [6, 6.07) is 0. The van der Waals surface area contributed by atoms with Gasteiger partial charge in [-0.25, -0.2) is 0 Å². The summed E-state index contributed by atoms with van der Waals surface area (Å²) in [5.41, 5.74) is 0. The molecular weight excluding hydrogens is 296 g/mol. The summed E-state index contributed by atoms with van der Waals surface area (Å²) >= 11 is 0. The molecule has 0 amide bonds. The van der Waals surface area contributed by atoms with Crippen molar-refractivity contribution in [1.29, 1.82) is 0 Å². The van der Waals surface area contributed by atoms with Crippen LogP contribution in [0.2, 0.25) is 0 Å². The van der Waals surface area contributed by atoms with Crippen LogP contribution in [0.1, 0.15) is 13.8 Å². The van der Waals surface area contributed by atoms with Crippen molar-refractivity contribution in [3.63, 3.8) is 0 Å². The van der Waals surface area contributed by atoms with Crippen molar-refractivity contribution < 1.29 is 59.2 Å². The van der Waals surface area contributed by atoms with E-state index in [2.05, 4.69) is 0 Å². The summed E-state index contributed by atoms with van der Waals surface area (Å²) < 4.78 is 31.6. The molecule has 0 aliphatic rings. The van der Waals surface area contributed by atoms with E-state index in [1.165, 1.54) is 0 Å². The zero-order chi connectivity index (χ0) is 11.7. The standard InChI is InChI=1S/2C2H4O2.Mg.H2O4S.4H2O/c2*1-2(3)4;;1-5(2,3)4;;;;/h2*1H3,(H,3,4);;(H2,1,2,3,4);4*1H2/q;;+2;;;;;/p-2. The van der Waals surface area contributed by atoms with Gasteiger partial charge in [0.2, 0.25) is 0 Å². The van der Waals surface area contributed by atoms with Crippen LogP contribution in [-0.2, 0) is 20.0 Å². The molecule has 0 aromatic carbocycles. The Morgan fingerprint density at radius 3 is 0.833 bits per heavy atom. The molecule has 18 heavy (non-hydrogen) atoms. The van der Waals surface area contributed by atoms with E-state index < -0.39 is 22.3 Å². The number of hydrogen-bond donors (Lipinski definition) is 2. The molecule has 10 N–H and O–H groups in total. The van der Waals surface area contributed by atoms with E-state index in [4.69, 9.17) is 37.3 Å². The average molecular weight is 313 g/mol. The minimum Gasteiger partial charge on any atom is -0.550 e. The Morgan fingerprint density at radius 2 is 0.833 bits per heavy atom. The summed E-state index contributed by atoms with van der Waals surface area (Å²) in [4.78, 5) is 17.8. The van der Waals surface area contributed by atoms with Gasteiger partial charge in [0.05, 0.1) is 0 Å². The van der Waals surface area contributed by atoms with Gasteiger partial charge in [-0.05, 0) is 13.8 Å². The van der Waals surface area contributed by atoms with Crippen molar-refractivity contribution in [2.75, 3.05) is 0 Å². The van der Waals surface area contributed by atoms with Crippen LogP contribution in [0.15, 0.2) is 0 Å². The summed E-state index contributed by atoms with van der Waals surface area (Å²) in [6.07, 6.45) is 0. The maximum absolute atomic E-state index is 8.89. The van der Waals surface area contributed by atoms with Crippen LogP contribution in [-0.4, -0.2) is 74.4 Å². The Bertz CT molecular complexity index is 219. The van der Waals surface area contributed by atoms with E-state index in [0.29, 0.717) is 0 Å². The maximum Gasteiger partial charge on any atom is 2.00 e. The van der Waals surface area contributed by atoms with E-state index in [9.17, 15) is 0 Å². The van der Waals surface area contributed by atoms with Crippen molar-refractivity contribution in [2.45, 2.75) is 13.8 Å². The second kappa shape index (κ2) is 29.9. The second-order valence-electron chi connectivity index (χ2n) is 1.43. The topological polar surface area (TPSA) is 281 Å². The third-order valence-corrected chi connectivity index (χ3v) is 0. The first-order valence-corrected chi connectivity index (χ1v) is 3.91. The van der Waals surface area contributed by atoms with Crippen molar-refractivity contribution in [3.8, 4) is 0 Å². The average Bonchev–Trinajstić information content (AvgIpc) is 1.50. The molecule has 0 heterocycles. The van der Waals surface area contributed by atoms with Crippen LogP contribution in [0.4, 0.5) is 0 Å². The fourth-order valence-electron chi connectivity index (χ4n) is 0. The van der Waals surface area contributed by atoms with Crippen LogP contribution in [0.5, 0.6) is 0 Å². The molecule has 0 atom stereocenters. The second-order valence-corrected chi connectivity index (χ2v) is 2.33. The molecule has 0 saturated heterocycles. The number of carboxylic acid groups (broad SMARTS) is 2. The van der Waals surface area contributed by atoms with E-state index in [0.717, 1.165) is 13.8 Å². The monoisotopic (exact) mass is 312 g/mol. The molecule has 112 valence electrons. The van der Waals surface area contributed by atoms with Gasteiger partial charge in [0.15, 0.2) is 0 Å². The van der Waals surface area contributed by atoms with Gasteiger partial charge >= 0.3 is 33.5 Å². The third kappa shape index (κ3) is 9400. The number of carbonyl (C=O) groups excluding carboxylic acids is 2. The number of rotatable bonds is 0. The van der Waals surface area contributed by atoms with Crippen LogP contribution in [0.3, 0.4) is 0 Å². The SMILES string of the molecule is CC(=O)[O-].CC(=O)[O-].O.O.O.O.O=S(=O)(O)O.[Mg+2]. The molecule has 0 aromatic heterocycles. The molecule has 0 rings (SSSR count). The van der Waals surface area contributed by atoms with E-state index in [1.807, 2.05) is 0 Å². The first kappa shape index (κ1) is 52.9. The molecule has 0 saturated carbocycles. The third-order valence-electron chi connectivity index (χ3n) is 0. The molecule has 0 aliphatic carbocycles. The van der Waals surface area contributed by atoms with E-state index >= 15 is 0 Å². The Kier molecular flexibility index (Phi) is 88.0. The summed E-state index contributed by atoms with van der Waals surface area (Å²) in [6.45, 7) is 1.94. The number of hydrogen-bond acceptors (Lipinski definition) is 6. The summed E-state index contributed by atoms with van der Waals surface area (Å²) in [7, 11) is -4.67. The zero-order valence-electron chi connectivity index (χ0n) is 9.46. The molecule has 0 aromatic rings. The first-order chi connectivity index (χ1) is 5.46. The molecule has 0 aliphatic heterocycles. The van der Waals surface area contributed by atoms with Gasteiger partial charge in [-0.15, -0.1) is 0 Å². The van der Waals surface area contributed by atoms with Crippen molar-refractivity contribution in [1.82, 2.24) is 0 Å². The van der Waals surface area contributed by atoms with Gasteiger partial charge in [-0.2, -0.15) is 8.42 Å². The summed E-state index contributed by atoms with van der Waals surface area (Å²) in [5.74, 6) is -2.17. The molecule has 12 nitrogen and oxygen atoms in total. The Hall–Kier alpha value is -0.584. The fourth-order valence-corrected chi connectivity index (χ4v) is 0. The Labute approximate surface area is 119 Å². The molecular formula is C4H16MgO12S. The predicted octanol–water partition coefficient (Wildman–Crippen LogP) is -6.82. The largest absolute Gasteiger partial charge is 2.00 e. The minimum absolute atomic E-state index is 0. The minimum atomic E-state index is -4.67. The molecule has 0 radical (unpaired) electrons. The van der Waals surface area contributed by atoms with Crippen LogP contribution in [0, 0.1) is 0 Å². The van der Waals surface area contributed by atoms with E-state index in [1.54, 1.807) is 0 Å². The van der Waals surface area contributed by atoms with Crippen molar-refractivity contribution in [2.24, 2.45) is 0 Å².